The second-order valence-corrected chi connectivity index (χ2v) is 6.69. The Bertz CT molecular complexity index is 340. The van der Waals surface area contributed by atoms with Gasteiger partial charge in [0.15, 0.2) is 0 Å². The lowest BCUT2D eigenvalue weighted by Crippen LogP contribution is -2.37. The Kier molecular flexibility index (Phi) is 4.32. The van der Waals surface area contributed by atoms with Crippen molar-refractivity contribution in [2.75, 3.05) is 25.2 Å². The van der Waals surface area contributed by atoms with Gasteiger partial charge in [0.2, 0.25) is 0 Å². The van der Waals surface area contributed by atoms with Gasteiger partial charge >= 0.3 is 5.97 Å². The summed E-state index contributed by atoms with van der Waals surface area (Å²) in [7, 11) is -3.00. The van der Waals surface area contributed by atoms with E-state index in [2.05, 4.69) is 0 Å². The Morgan fingerprint density at radius 3 is 2.38 bits per heavy atom. The molecule has 0 bridgehead atoms. The summed E-state index contributed by atoms with van der Waals surface area (Å²) in [5.74, 6) is -0.771. The van der Waals surface area contributed by atoms with Gasteiger partial charge in [-0.2, -0.15) is 0 Å². The van der Waals surface area contributed by atoms with Crippen molar-refractivity contribution < 1.29 is 23.1 Å². The standard InChI is InChI=1S/C10H18O5S/c1-16(13,14)8-2-3-10(9(11)12)4-6-15-7-5-10/h2-8H2,1H3,(H,11,12). The molecule has 0 unspecified atom stereocenters. The number of aliphatic carboxylic acids is 1. The van der Waals surface area contributed by atoms with Crippen LogP contribution in [0.1, 0.15) is 25.7 Å². The van der Waals surface area contributed by atoms with E-state index in [1.165, 1.54) is 6.26 Å². The number of carboxylic acids is 1. The van der Waals surface area contributed by atoms with Gasteiger partial charge in [-0.3, -0.25) is 4.79 Å². The molecule has 0 saturated carbocycles. The molecule has 1 rings (SSSR count). The first-order chi connectivity index (χ1) is 7.36. The van der Waals surface area contributed by atoms with Crippen molar-refractivity contribution in [2.24, 2.45) is 5.41 Å². The van der Waals surface area contributed by atoms with E-state index in [4.69, 9.17) is 4.74 Å². The Hall–Kier alpha value is -0.620. The third-order valence-corrected chi connectivity index (χ3v) is 4.10. The minimum absolute atomic E-state index is 0.0584. The number of ether oxygens (including phenoxy) is 1. The summed E-state index contributed by atoms with van der Waals surface area (Å²) in [4.78, 5) is 11.2. The van der Waals surface area contributed by atoms with Gasteiger partial charge in [-0.05, 0) is 25.7 Å². The minimum atomic E-state index is -3.00. The number of sulfone groups is 1. The van der Waals surface area contributed by atoms with Crippen molar-refractivity contribution in [2.45, 2.75) is 25.7 Å². The highest BCUT2D eigenvalue weighted by Gasteiger charge is 2.39. The molecule has 0 amide bonds. The number of hydrogen-bond donors (Lipinski definition) is 1. The summed E-state index contributed by atoms with van der Waals surface area (Å²) in [6.07, 6.45) is 2.95. The van der Waals surface area contributed by atoms with Crippen LogP contribution in [0.2, 0.25) is 0 Å². The Morgan fingerprint density at radius 2 is 1.94 bits per heavy atom. The summed E-state index contributed by atoms with van der Waals surface area (Å²) in [6.45, 7) is 0.899. The van der Waals surface area contributed by atoms with Gasteiger partial charge in [-0.15, -0.1) is 0 Å². The summed E-state index contributed by atoms with van der Waals surface area (Å²) in [6, 6.07) is 0. The highest BCUT2D eigenvalue weighted by molar-refractivity contribution is 7.90. The highest BCUT2D eigenvalue weighted by Crippen LogP contribution is 2.35. The van der Waals surface area contributed by atoms with Crippen molar-refractivity contribution in [3.8, 4) is 0 Å². The Morgan fingerprint density at radius 1 is 1.38 bits per heavy atom. The summed E-state index contributed by atoms with van der Waals surface area (Å²) in [5.41, 5.74) is -0.775. The first-order valence-corrected chi connectivity index (χ1v) is 7.41. The predicted octanol–water partition coefficient (Wildman–Crippen LogP) is 0.693. The predicted molar refractivity (Wildman–Crippen MR) is 59.1 cm³/mol. The van der Waals surface area contributed by atoms with E-state index in [-0.39, 0.29) is 5.75 Å². The van der Waals surface area contributed by atoms with Crippen LogP contribution in [0.15, 0.2) is 0 Å². The zero-order chi connectivity index (χ0) is 12.2. The molecule has 0 aromatic rings. The van der Waals surface area contributed by atoms with Crippen molar-refractivity contribution in [1.82, 2.24) is 0 Å². The summed E-state index contributed by atoms with van der Waals surface area (Å²) >= 11 is 0. The maximum absolute atomic E-state index is 11.2. The van der Waals surface area contributed by atoms with Crippen molar-refractivity contribution in [3.63, 3.8) is 0 Å². The molecule has 1 saturated heterocycles. The molecule has 0 aromatic heterocycles. The third-order valence-electron chi connectivity index (χ3n) is 3.07. The summed E-state index contributed by atoms with van der Waals surface area (Å²) < 4.78 is 27.1. The van der Waals surface area contributed by atoms with E-state index in [9.17, 15) is 18.3 Å². The molecule has 0 atom stereocenters. The molecule has 1 heterocycles. The maximum atomic E-state index is 11.2. The molecule has 1 aliphatic heterocycles. The number of rotatable bonds is 5. The Balaban J connectivity index is 2.55. The zero-order valence-corrected chi connectivity index (χ0v) is 10.3. The van der Waals surface area contributed by atoms with E-state index in [0.29, 0.717) is 38.9 Å². The first kappa shape index (κ1) is 13.4. The zero-order valence-electron chi connectivity index (χ0n) is 9.44. The van der Waals surface area contributed by atoms with Crippen LogP contribution in [0.3, 0.4) is 0 Å². The van der Waals surface area contributed by atoms with Crippen LogP contribution in [-0.2, 0) is 19.4 Å². The van der Waals surface area contributed by atoms with E-state index in [1.807, 2.05) is 0 Å². The SMILES string of the molecule is CS(=O)(=O)CCCC1(C(=O)O)CCOCC1. The van der Waals surface area contributed by atoms with Gasteiger partial charge in [-0.1, -0.05) is 0 Å². The highest BCUT2D eigenvalue weighted by atomic mass is 32.2. The normalized spacial score (nSPS) is 20.6. The lowest BCUT2D eigenvalue weighted by atomic mass is 9.76. The van der Waals surface area contributed by atoms with Gasteiger partial charge in [-0.25, -0.2) is 8.42 Å². The third kappa shape index (κ3) is 3.75. The fraction of sp³-hybridized carbons (Fsp3) is 0.900. The fourth-order valence-electron chi connectivity index (χ4n) is 2.01. The second-order valence-electron chi connectivity index (χ2n) is 4.43. The molecule has 1 aliphatic rings. The lowest BCUT2D eigenvalue weighted by molar-refractivity contribution is -0.155. The number of carbonyl (C=O) groups is 1. The van der Waals surface area contributed by atoms with E-state index < -0.39 is 21.2 Å². The van der Waals surface area contributed by atoms with E-state index in [0.717, 1.165) is 0 Å². The molecule has 0 spiro atoms. The van der Waals surface area contributed by atoms with Crippen LogP contribution in [0, 0.1) is 5.41 Å². The molecule has 94 valence electrons. The molecule has 16 heavy (non-hydrogen) atoms. The molecule has 1 N–H and O–H groups in total. The van der Waals surface area contributed by atoms with Crippen LogP contribution in [-0.4, -0.2) is 44.7 Å². The van der Waals surface area contributed by atoms with Crippen LogP contribution in [0.5, 0.6) is 0 Å². The Labute approximate surface area is 95.7 Å². The van der Waals surface area contributed by atoms with Gasteiger partial charge in [0.25, 0.3) is 0 Å². The van der Waals surface area contributed by atoms with Crippen molar-refractivity contribution in [3.05, 3.63) is 0 Å². The maximum Gasteiger partial charge on any atom is 0.309 e. The second kappa shape index (κ2) is 5.14. The molecule has 1 fully saturated rings. The number of hydrogen-bond acceptors (Lipinski definition) is 4. The van der Waals surface area contributed by atoms with E-state index in [1.54, 1.807) is 0 Å². The molecular weight excluding hydrogens is 232 g/mol. The first-order valence-electron chi connectivity index (χ1n) is 5.35. The van der Waals surface area contributed by atoms with Gasteiger partial charge < -0.3 is 9.84 Å². The van der Waals surface area contributed by atoms with Crippen LogP contribution >= 0.6 is 0 Å². The fourth-order valence-corrected chi connectivity index (χ4v) is 2.67. The van der Waals surface area contributed by atoms with Crippen LogP contribution in [0.25, 0.3) is 0 Å². The lowest BCUT2D eigenvalue weighted by Gasteiger charge is -2.33. The van der Waals surface area contributed by atoms with Crippen LogP contribution in [0.4, 0.5) is 0 Å². The minimum Gasteiger partial charge on any atom is -0.481 e. The van der Waals surface area contributed by atoms with Crippen LogP contribution < -0.4 is 0 Å². The molecule has 6 heteroatoms. The molecular formula is C10H18O5S. The molecule has 0 radical (unpaired) electrons. The summed E-state index contributed by atoms with van der Waals surface area (Å²) in [5, 5.41) is 9.21. The van der Waals surface area contributed by atoms with Gasteiger partial charge in [0.1, 0.15) is 9.84 Å². The average molecular weight is 250 g/mol. The molecule has 0 aliphatic carbocycles. The molecule has 5 nitrogen and oxygen atoms in total. The topological polar surface area (TPSA) is 80.7 Å². The largest absolute Gasteiger partial charge is 0.481 e. The van der Waals surface area contributed by atoms with E-state index >= 15 is 0 Å². The monoisotopic (exact) mass is 250 g/mol. The van der Waals surface area contributed by atoms with Crippen molar-refractivity contribution >= 4 is 15.8 Å². The smallest absolute Gasteiger partial charge is 0.309 e. The molecule has 0 aromatic carbocycles. The van der Waals surface area contributed by atoms with Gasteiger partial charge in [0.05, 0.1) is 5.41 Å². The van der Waals surface area contributed by atoms with Gasteiger partial charge in [0, 0.05) is 25.2 Å². The number of carboxylic acid groups (broad SMARTS) is 1. The quantitative estimate of drug-likeness (QED) is 0.776. The average Bonchev–Trinajstić information content (AvgIpc) is 2.17. The van der Waals surface area contributed by atoms with Crippen molar-refractivity contribution in [1.29, 1.82) is 0 Å².